The lowest BCUT2D eigenvalue weighted by Crippen LogP contribution is -2.54. The molecule has 0 saturated carbocycles. The third-order valence-electron chi connectivity index (χ3n) is 3.79. The molecule has 7 heteroatoms. The van der Waals surface area contributed by atoms with Gasteiger partial charge in [0.2, 0.25) is 0 Å². The van der Waals surface area contributed by atoms with Crippen LogP contribution in [-0.4, -0.2) is 46.9 Å². The van der Waals surface area contributed by atoms with E-state index < -0.39 is 41.3 Å². The van der Waals surface area contributed by atoms with Gasteiger partial charge < -0.3 is 14.2 Å². The van der Waals surface area contributed by atoms with Crippen LogP contribution in [-0.2, 0) is 19.0 Å². The van der Waals surface area contributed by atoms with Crippen LogP contribution in [0.3, 0.4) is 0 Å². The molecule has 0 heterocycles. The first-order chi connectivity index (χ1) is 13.3. The highest BCUT2D eigenvalue weighted by Gasteiger charge is 2.44. The number of benzene rings is 1. The summed E-state index contributed by atoms with van der Waals surface area (Å²) in [4.78, 5) is 39.5. The summed E-state index contributed by atoms with van der Waals surface area (Å²) in [5.41, 5.74) is -0.971. The second-order valence-corrected chi connectivity index (χ2v) is 8.73. The maximum atomic E-state index is 13.0. The molecule has 0 N–H and O–H groups in total. The second kappa shape index (κ2) is 9.76. The van der Waals surface area contributed by atoms with Crippen molar-refractivity contribution in [2.24, 2.45) is 0 Å². The van der Waals surface area contributed by atoms with E-state index in [0.717, 1.165) is 10.5 Å². The zero-order valence-electron chi connectivity index (χ0n) is 18.6. The van der Waals surface area contributed by atoms with Gasteiger partial charge in [-0.2, -0.15) is 4.90 Å². The molecule has 0 aromatic heterocycles. The summed E-state index contributed by atoms with van der Waals surface area (Å²) in [6, 6.07) is 7.87. The van der Waals surface area contributed by atoms with Crippen molar-refractivity contribution >= 4 is 18.2 Å². The molecule has 0 aliphatic heterocycles. The van der Waals surface area contributed by atoms with Gasteiger partial charge in [0, 0.05) is 5.92 Å². The Hall–Kier alpha value is -2.57. The molecule has 1 rings (SSSR count). The summed E-state index contributed by atoms with van der Waals surface area (Å²) in [6.07, 6.45) is -1.93. The lowest BCUT2D eigenvalue weighted by Gasteiger charge is -2.34. The van der Waals surface area contributed by atoms with Gasteiger partial charge in [-0.1, -0.05) is 37.3 Å². The van der Waals surface area contributed by atoms with Gasteiger partial charge in [0.05, 0.1) is 6.61 Å². The molecule has 7 nitrogen and oxygen atoms in total. The minimum Gasteiger partial charge on any atom is -0.464 e. The topological polar surface area (TPSA) is 82.1 Å². The van der Waals surface area contributed by atoms with E-state index in [4.69, 9.17) is 14.2 Å². The first-order valence-corrected chi connectivity index (χ1v) is 9.73. The van der Waals surface area contributed by atoms with E-state index in [1.165, 1.54) is 0 Å². The Bertz CT molecular complexity index is 674. The van der Waals surface area contributed by atoms with Gasteiger partial charge in [0.1, 0.15) is 11.2 Å². The molecule has 0 radical (unpaired) electrons. The highest BCUT2D eigenvalue weighted by molar-refractivity contribution is 5.94. The zero-order valence-corrected chi connectivity index (χ0v) is 18.6. The number of carbonyl (C=O) groups is 3. The molecule has 2 amide bonds. The predicted octanol–water partition coefficient (Wildman–Crippen LogP) is 4.89. The Labute approximate surface area is 173 Å². The van der Waals surface area contributed by atoms with Crippen molar-refractivity contribution in [3.63, 3.8) is 0 Å². The Balaban J connectivity index is 3.45. The highest BCUT2D eigenvalue weighted by Crippen LogP contribution is 2.27. The van der Waals surface area contributed by atoms with Crippen molar-refractivity contribution in [1.82, 2.24) is 4.90 Å². The number of carbonyl (C=O) groups excluding carboxylic acids is 3. The fourth-order valence-corrected chi connectivity index (χ4v) is 2.62. The Morgan fingerprint density at radius 1 is 0.897 bits per heavy atom. The van der Waals surface area contributed by atoms with Crippen molar-refractivity contribution in [2.75, 3.05) is 6.61 Å². The molecule has 0 unspecified atom stereocenters. The van der Waals surface area contributed by atoms with Crippen LogP contribution in [0.4, 0.5) is 9.59 Å². The quantitative estimate of drug-likeness (QED) is 0.510. The maximum absolute atomic E-state index is 13.0. The third kappa shape index (κ3) is 7.75. The monoisotopic (exact) mass is 407 g/mol. The summed E-state index contributed by atoms with van der Waals surface area (Å²) < 4.78 is 16.0. The Morgan fingerprint density at radius 2 is 1.34 bits per heavy atom. The largest absolute Gasteiger partial charge is 0.464 e. The van der Waals surface area contributed by atoms with Crippen molar-refractivity contribution < 1.29 is 28.6 Å². The van der Waals surface area contributed by atoms with Gasteiger partial charge in [0.25, 0.3) is 0 Å². The van der Waals surface area contributed by atoms with E-state index in [1.54, 1.807) is 55.4 Å². The van der Waals surface area contributed by atoms with Gasteiger partial charge in [-0.3, -0.25) is 0 Å². The summed E-state index contributed by atoms with van der Waals surface area (Å²) in [7, 11) is 0. The van der Waals surface area contributed by atoms with E-state index in [1.807, 2.05) is 30.3 Å². The number of ether oxygens (including phenoxy) is 3. The predicted molar refractivity (Wildman–Crippen MR) is 110 cm³/mol. The molecule has 0 spiro atoms. The molecule has 0 fully saturated rings. The molecule has 29 heavy (non-hydrogen) atoms. The zero-order chi connectivity index (χ0) is 22.4. The molecule has 0 bridgehead atoms. The van der Waals surface area contributed by atoms with Gasteiger partial charge in [-0.05, 0) is 54.0 Å². The highest BCUT2D eigenvalue weighted by atomic mass is 16.6. The number of hydrogen-bond donors (Lipinski definition) is 0. The van der Waals surface area contributed by atoms with E-state index in [-0.39, 0.29) is 6.61 Å². The van der Waals surface area contributed by atoms with Crippen molar-refractivity contribution in [3.05, 3.63) is 35.9 Å². The Kier molecular flexibility index (Phi) is 8.24. The van der Waals surface area contributed by atoms with E-state index in [9.17, 15) is 14.4 Å². The van der Waals surface area contributed by atoms with Gasteiger partial charge in [-0.25, -0.2) is 14.4 Å². The number of esters is 1. The molecular formula is C22H33NO6. The molecule has 2 atom stereocenters. The van der Waals surface area contributed by atoms with Crippen LogP contribution in [0.15, 0.2) is 30.3 Å². The van der Waals surface area contributed by atoms with Crippen molar-refractivity contribution in [3.8, 4) is 0 Å². The second-order valence-electron chi connectivity index (χ2n) is 8.73. The van der Waals surface area contributed by atoms with Crippen molar-refractivity contribution in [2.45, 2.75) is 78.6 Å². The number of hydrogen-bond acceptors (Lipinski definition) is 6. The molecule has 0 aliphatic rings. The fraction of sp³-hybridized carbons (Fsp3) is 0.591. The maximum Gasteiger partial charge on any atom is 0.420 e. The first kappa shape index (κ1) is 24.5. The minimum absolute atomic E-state index is 0.104. The lowest BCUT2D eigenvalue weighted by molar-refractivity contribution is -0.150. The van der Waals surface area contributed by atoms with Crippen LogP contribution < -0.4 is 0 Å². The summed E-state index contributed by atoms with van der Waals surface area (Å²) in [5.74, 6) is -1.25. The van der Waals surface area contributed by atoms with Gasteiger partial charge in [0.15, 0.2) is 6.04 Å². The Morgan fingerprint density at radius 3 is 1.72 bits per heavy atom. The molecule has 1 aromatic rings. The SMILES string of the molecule is CCOC(=O)[C@H]([C@H](C)c1ccccc1)N(C(=O)OC(C)(C)C)C(=O)OC(C)(C)C. The van der Waals surface area contributed by atoms with E-state index >= 15 is 0 Å². The number of nitrogens with zero attached hydrogens (tertiary/aromatic N) is 1. The van der Waals surface area contributed by atoms with Crippen molar-refractivity contribution in [1.29, 1.82) is 0 Å². The summed E-state index contributed by atoms with van der Waals surface area (Å²) >= 11 is 0. The molecular weight excluding hydrogens is 374 g/mol. The van der Waals surface area contributed by atoms with Crippen LogP contribution in [0.1, 0.15) is 66.9 Å². The fourth-order valence-electron chi connectivity index (χ4n) is 2.62. The third-order valence-corrected chi connectivity index (χ3v) is 3.79. The summed E-state index contributed by atoms with van der Waals surface area (Å²) in [5, 5.41) is 0. The summed E-state index contributed by atoms with van der Waals surface area (Å²) in [6.45, 7) is 13.6. The van der Waals surface area contributed by atoms with Crippen LogP contribution in [0.25, 0.3) is 0 Å². The van der Waals surface area contributed by atoms with Crippen LogP contribution >= 0.6 is 0 Å². The molecule has 0 aliphatic carbocycles. The lowest BCUT2D eigenvalue weighted by atomic mass is 9.92. The molecule has 162 valence electrons. The minimum atomic E-state index is -1.25. The number of rotatable bonds is 5. The van der Waals surface area contributed by atoms with E-state index in [2.05, 4.69) is 0 Å². The number of amides is 2. The molecule has 1 aromatic carbocycles. The van der Waals surface area contributed by atoms with Gasteiger partial charge in [-0.15, -0.1) is 0 Å². The van der Waals surface area contributed by atoms with E-state index in [0.29, 0.717) is 0 Å². The average Bonchev–Trinajstić information content (AvgIpc) is 2.56. The van der Waals surface area contributed by atoms with Crippen LogP contribution in [0.5, 0.6) is 0 Å². The first-order valence-electron chi connectivity index (χ1n) is 9.73. The standard InChI is InChI=1S/C22H33NO6/c1-9-27-18(24)17(15(2)16-13-11-10-12-14-16)23(19(25)28-21(3,4)5)20(26)29-22(6,7)8/h10-15,17H,9H2,1-8H3/t15-,17+/m1/s1. The number of imide groups is 1. The molecule has 0 saturated heterocycles. The van der Waals surface area contributed by atoms with Crippen LogP contribution in [0.2, 0.25) is 0 Å². The smallest absolute Gasteiger partial charge is 0.420 e. The normalized spacial score (nSPS) is 13.8. The van der Waals surface area contributed by atoms with Crippen LogP contribution in [0, 0.1) is 0 Å². The average molecular weight is 408 g/mol. The van der Waals surface area contributed by atoms with Gasteiger partial charge >= 0.3 is 18.2 Å².